The van der Waals surface area contributed by atoms with Gasteiger partial charge in [-0.3, -0.25) is 0 Å². The summed E-state index contributed by atoms with van der Waals surface area (Å²) in [5.74, 6) is -15.6. The van der Waals surface area contributed by atoms with Crippen LogP contribution in [0, 0.1) is 0 Å². The third kappa shape index (κ3) is 12.1. The van der Waals surface area contributed by atoms with Crippen LogP contribution >= 0.6 is 0 Å². The molecule has 0 bridgehead atoms. The number of carbonyl (C=O) groups is 1. The molecule has 32 heavy (non-hydrogen) atoms. The number of hydrogen-bond acceptors (Lipinski definition) is 8. The lowest BCUT2D eigenvalue weighted by Crippen LogP contribution is -2.56. The number of hydrogen-bond donors (Lipinski definition) is 0. The fraction of sp³-hybridized carbons (Fsp3) is 0.941. The Morgan fingerprint density at radius 3 is 1.19 bits per heavy atom. The summed E-state index contributed by atoms with van der Waals surface area (Å²) >= 11 is 0. The first kappa shape index (κ1) is 30.7. The Bertz CT molecular complexity index is 492. The van der Waals surface area contributed by atoms with Gasteiger partial charge in [0.05, 0.1) is 72.7 Å². The molecule has 0 spiro atoms. The van der Waals surface area contributed by atoms with Crippen LogP contribution in [-0.2, 0) is 38.0 Å². The Hall–Kier alpha value is -1.26. The average Bonchev–Trinajstić information content (AvgIpc) is 2.71. The third-order valence-corrected chi connectivity index (χ3v) is 3.39. The summed E-state index contributed by atoms with van der Waals surface area (Å²) in [6, 6.07) is 0. The molecule has 0 aromatic rings. The first-order valence-electron chi connectivity index (χ1n) is 9.35. The van der Waals surface area contributed by atoms with Gasteiger partial charge in [0, 0.05) is 7.11 Å². The van der Waals surface area contributed by atoms with Crippen LogP contribution in [0.25, 0.3) is 0 Å². The Morgan fingerprint density at radius 1 is 0.562 bits per heavy atom. The van der Waals surface area contributed by atoms with Crippen LogP contribution in [0.1, 0.15) is 0 Å². The summed E-state index contributed by atoms with van der Waals surface area (Å²) in [6.45, 7) is 1.54. The van der Waals surface area contributed by atoms with Gasteiger partial charge in [-0.05, 0) is 0 Å². The van der Waals surface area contributed by atoms with Crippen LogP contribution in [0.3, 0.4) is 0 Å². The van der Waals surface area contributed by atoms with Crippen molar-refractivity contribution in [2.75, 3.05) is 86.4 Å². The van der Waals surface area contributed by atoms with Gasteiger partial charge in [0.15, 0.2) is 0 Å². The number of carbonyl (C=O) groups excluding carboxylic acids is 1. The zero-order valence-electron chi connectivity index (χ0n) is 17.4. The standard InChI is InChI=1S/C17H27F7O8/c1-26-2-3-27-4-5-28-6-7-29-8-9-30-10-11-31-12-13-32-14(25)15(18,19)16(20,21)17(22,23)24/h2-13H2,1H3. The SMILES string of the molecule is COCCOCCOCCOCCOCCOCCOC(=O)C(F)(F)C(F)(F)C(F)(F)F. The fourth-order valence-electron chi connectivity index (χ4n) is 1.71. The molecule has 0 saturated carbocycles. The van der Waals surface area contributed by atoms with Crippen LogP contribution < -0.4 is 0 Å². The summed E-state index contributed by atoms with van der Waals surface area (Å²) in [5.41, 5.74) is 0. The monoisotopic (exact) mass is 492 g/mol. The molecule has 0 aliphatic heterocycles. The predicted octanol–water partition coefficient (Wildman–Crippen LogP) is 2.09. The molecule has 0 saturated heterocycles. The van der Waals surface area contributed by atoms with Crippen molar-refractivity contribution in [2.24, 2.45) is 0 Å². The first-order valence-corrected chi connectivity index (χ1v) is 9.35. The zero-order valence-corrected chi connectivity index (χ0v) is 17.4. The van der Waals surface area contributed by atoms with Gasteiger partial charge in [0.25, 0.3) is 0 Å². The van der Waals surface area contributed by atoms with Crippen molar-refractivity contribution >= 4 is 5.97 Å². The lowest BCUT2D eigenvalue weighted by atomic mass is 10.1. The molecular weight excluding hydrogens is 465 g/mol. The molecule has 0 aromatic carbocycles. The molecular formula is C17H27F7O8. The van der Waals surface area contributed by atoms with Crippen LogP contribution in [0.4, 0.5) is 30.7 Å². The highest BCUT2D eigenvalue weighted by Gasteiger charge is 2.77. The van der Waals surface area contributed by atoms with E-state index in [4.69, 9.17) is 28.4 Å². The molecule has 15 heteroatoms. The van der Waals surface area contributed by atoms with E-state index >= 15 is 0 Å². The van der Waals surface area contributed by atoms with Crippen LogP contribution in [-0.4, -0.2) is 110 Å². The molecule has 0 amide bonds. The molecule has 0 aliphatic rings. The molecule has 0 N–H and O–H groups in total. The number of methoxy groups -OCH3 is 1. The minimum atomic E-state index is -6.61. The molecule has 0 fully saturated rings. The van der Waals surface area contributed by atoms with E-state index < -0.39 is 37.2 Å². The second-order valence-electron chi connectivity index (χ2n) is 5.84. The van der Waals surface area contributed by atoms with E-state index in [0.717, 1.165) is 0 Å². The summed E-state index contributed by atoms with van der Waals surface area (Å²) in [4.78, 5) is 10.9. The maximum Gasteiger partial charge on any atom is 0.460 e. The molecule has 0 unspecified atom stereocenters. The Labute approximate surface area is 180 Å². The molecule has 8 nitrogen and oxygen atoms in total. The summed E-state index contributed by atoms with van der Waals surface area (Å²) < 4.78 is 121. The number of esters is 1. The van der Waals surface area contributed by atoms with Gasteiger partial charge < -0.3 is 33.2 Å². The lowest BCUT2D eigenvalue weighted by Gasteiger charge is -2.26. The molecule has 0 heterocycles. The molecule has 0 rings (SSSR count). The highest BCUT2D eigenvalue weighted by molar-refractivity contribution is 5.79. The van der Waals surface area contributed by atoms with Crippen molar-refractivity contribution in [1.82, 2.24) is 0 Å². The molecule has 0 radical (unpaired) electrons. The zero-order chi connectivity index (χ0) is 24.5. The lowest BCUT2D eigenvalue weighted by molar-refractivity contribution is -0.348. The number of alkyl halides is 7. The number of rotatable bonds is 20. The highest BCUT2D eigenvalue weighted by Crippen LogP contribution is 2.46. The van der Waals surface area contributed by atoms with E-state index in [0.29, 0.717) is 39.6 Å². The van der Waals surface area contributed by atoms with Crippen molar-refractivity contribution in [1.29, 1.82) is 0 Å². The van der Waals surface area contributed by atoms with Crippen molar-refractivity contribution in [3.8, 4) is 0 Å². The third-order valence-electron chi connectivity index (χ3n) is 3.39. The minimum absolute atomic E-state index is 0.0505. The summed E-state index contributed by atoms with van der Waals surface area (Å²) in [5, 5.41) is 0. The van der Waals surface area contributed by atoms with Crippen molar-refractivity contribution < 1.29 is 68.7 Å². The van der Waals surface area contributed by atoms with E-state index in [9.17, 15) is 35.5 Å². The normalized spacial score (nSPS) is 12.9. The predicted molar refractivity (Wildman–Crippen MR) is 92.9 cm³/mol. The number of ether oxygens (including phenoxy) is 7. The van der Waals surface area contributed by atoms with E-state index in [2.05, 4.69) is 4.74 Å². The van der Waals surface area contributed by atoms with Gasteiger partial charge in [-0.25, -0.2) is 4.79 Å². The topological polar surface area (TPSA) is 81.7 Å². The highest BCUT2D eigenvalue weighted by atomic mass is 19.4. The second-order valence-corrected chi connectivity index (χ2v) is 5.84. The van der Waals surface area contributed by atoms with Gasteiger partial charge in [0.2, 0.25) is 0 Å². The van der Waals surface area contributed by atoms with Crippen molar-refractivity contribution in [3.63, 3.8) is 0 Å². The fourth-order valence-corrected chi connectivity index (χ4v) is 1.71. The van der Waals surface area contributed by atoms with Gasteiger partial charge >= 0.3 is 24.0 Å². The van der Waals surface area contributed by atoms with E-state index in [1.54, 1.807) is 7.11 Å². The summed E-state index contributed by atoms with van der Waals surface area (Å²) in [6.07, 6.45) is -6.61. The maximum atomic E-state index is 13.0. The summed E-state index contributed by atoms with van der Waals surface area (Å²) in [7, 11) is 1.57. The Kier molecular flexibility index (Phi) is 15.7. The minimum Gasteiger partial charge on any atom is -0.459 e. The van der Waals surface area contributed by atoms with Gasteiger partial charge in [-0.1, -0.05) is 0 Å². The molecule has 192 valence electrons. The van der Waals surface area contributed by atoms with Crippen molar-refractivity contribution in [3.05, 3.63) is 0 Å². The van der Waals surface area contributed by atoms with Crippen LogP contribution in [0.2, 0.25) is 0 Å². The van der Waals surface area contributed by atoms with Crippen LogP contribution in [0.5, 0.6) is 0 Å². The largest absolute Gasteiger partial charge is 0.460 e. The van der Waals surface area contributed by atoms with Gasteiger partial charge in [0.1, 0.15) is 6.61 Å². The van der Waals surface area contributed by atoms with Gasteiger partial charge in [-0.15, -0.1) is 0 Å². The van der Waals surface area contributed by atoms with Gasteiger partial charge in [-0.2, -0.15) is 30.7 Å². The first-order chi connectivity index (χ1) is 15.0. The maximum absolute atomic E-state index is 13.0. The molecule has 0 aromatic heterocycles. The molecule has 0 atom stereocenters. The molecule has 0 aliphatic carbocycles. The van der Waals surface area contributed by atoms with Crippen molar-refractivity contribution in [2.45, 2.75) is 18.0 Å². The Morgan fingerprint density at radius 2 is 0.875 bits per heavy atom. The van der Waals surface area contributed by atoms with E-state index in [1.807, 2.05) is 0 Å². The average molecular weight is 492 g/mol. The van der Waals surface area contributed by atoms with Crippen LogP contribution in [0.15, 0.2) is 0 Å². The smallest absolute Gasteiger partial charge is 0.459 e. The van der Waals surface area contributed by atoms with E-state index in [1.165, 1.54) is 0 Å². The van der Waals surface area contributed by atoms with E-state index in [-0.39, 0.29) is 26.4 Å². The quantitative estimate of drug-likeness (QED) is 0.145. The Balaban J connectivity index is 3.56. The second kappa shape index (κ2) is 16.4. The number of halogens is 7.